The highest BCUT2D eigenvalue weighted by Crippen LogP contribution is 2.24. The summed E-state index contributed by atoms with van der Waals surface area (Å²) < 4.78 is 0. The maximum absolute atomic E-state index is 11.0. The number of hydrogen-bond donors (Lipinski definition) is 0. The largest absolute Gasteiger partial charge is 0.277 e. The highest BCUT2D eigenvalue weighted by molar-refractivity contribution is 5.66. The van der Waals surface area contributed by atoms with Crippen LogP contribution >= 0.6 is 0 Å². The van der Waals surface area contributed by atoms with Gasteiger partial charge >= 0.3 is 0 Å². The molecule has 0 aliphatic carbocycles. The average Bonchev–Trinajstić information content (AvgIpc) is 2.39. The highest BCUT2D eigenvalue weighted by Gasteiger charge is 2.16. The molecule has 0 N–H and O–H groups in total. The first-order valence-corrected chi connectivity index (χ1v) is 5.66. The van der Waals surface area contributed by atoms with Gasteiger partial charge in [0.2, 0.25) is 11.4 Å². The van der Waals surface area contributed by atoms with E-state index >= 15 is 0 Å². The van der Waals surface area contributed by atoms with Crippen LogP contribution in [-0.2, 0) is 0 Å². The second-order valence-corrected chi connectivity index (χ2v) is 4.16. The van der Waals surface area contributed by atoms with Crippen molar-refractivity contribution in [3.63, 3.8) is 0 Å². The molecule has 9 heteroatoms. The zero-order valence-corrected chi connectivity index (χ0v) is 11.2. The minimum atomic E-state index is -0.697. The van der Waals surface area contributed by atoms with Gasteiger partial charge in [0, 0.05) is 32.1 Å². The van der Waals surface area contributed by atoms with Gasteiger partial charge < -0.3 is 0 Å². The van der Waals surface area contributed by atoms with Crippen molar-refractivity contribution in [3.8, 4) is 0 Å². The van der Waals surface area contributed by atoms with Crippen LogP contribution in [0.1, 0.15) is 25.0 Å². The van der Waals surface area contributed by atoms with E-state index in [0.29, 0.717) is 0 Å². The molecular weight excluding hydrogens is 282 g/mol. The first-order chi connectivity index (χ1) is 9.72. The lowest BCUT2D eigenvalue weighted by molar-refractivity contribution is -0.422. The fourth-order valence-corrected chi connectivity index (χ4v) is 1.50. The molecule has 0 amide bonds. The predicted octanol–water partition coefficient (Wildman–Crippen LogP) is 2.87. The maximum Gasteiger partial charge on any atom is 0.277 e. The molecule has 0 heterocycles. The Bertz CT molecular complexity index is 678. The summed E-state index contributed by atoms with van der Waals surface area (Å²) in [6, 6.07) is 3.86. The van der Waals surface area contributed by atoms with Gasteiger partial charge in [-0.3, -0.25) is 30.3 Å². The molecule has 0 aromatic heterocycles. The Labute approximate surface area is 118 Å². The monoisotopic (exact) mass is 293 g/mol. The molecule has 1 aromatic carbocycles. The van der Waals surface area contributed by atoms with Gasteiger partial charge in [-0.1, -0.05) is 6.07 Å². The van der Waals surface area contributed by atoms with Crippen LogP contribution < -0.4 is 0 Å². The third-order valence-corrected chi connectivity index (χ3v) is 2.57. The lowest BCUT2D eigenvalue weighted by Crippen LogP contribution is -1.97. The number of nitro groups is 3. The summed E-state index contributed by atoms with van der Waals surface area (Å²) in [6.07, 6.45) is 2.26. The van der Waals surface area contributed by atoms with E-state index in [0.717, 1.165) is 12.1 Å². The first kappa shape index (κ1) is 16.0. The molecule has 0 aliphatic heterocycles. The zero-order valence-electron chi connectivity index (χ0n) is 11.2. The number of rotatable bonds is 5. The van der Waals surface area contributed by atoms with Gasteiger partial charge in [-0.2, -0.15) is 0 Å². The molecule has 0 spiro atoms. The quantitative estimate of drug-likeness (QED) is 0.606. The molecule has 0 saturated heterocycles. The normalized spacial score (nSPS) is 12.1. The number of nitrogens with zero attached hydrogens (tertiary/aromatic N) is 3. The van der Waals surface area contributed by atoms with E-state index in [2.05, 4.69) is 0 Å². The van der Waals surface area contributed by atoms with Gasteiger partial charge in [0.1, 0.15) is 0 Å². The molecule has 21 heavy (non-hydrogen) atoms. The third-order valence-electron chi connectivity index (χ3n) is 2.57. The van der Waals surface area contributed by atoms with E-state index in [9.17, 15) is 30.3 Å². The standard InChI is InChI=1S/C12H11N3O6/c1-8(13(16)17)5-10-3-4-11(6-9(2)14(18)19)12(7-10)15(20)21/h3-7H,1-2H3/b8-5-,9-6-. The lowest BCUT2D eigenvalue weighted by Gasteiger charge is -2.00. The molecule has 0 fully saturated rings. The minimum absolute atomic E-state index is 0.0603. The number of benzene rings is 1. The summed E-state index contributed by atoms with van der Waals surface area (Å²) >= 11 is 0. The highest BCUT2D eigenvalue weighted by atomic mass is 16.6. The van der Waals surface area contributed by atoms with Crippen molar-refractivity contribution in [1.29, 1.82) is 0 Å². The summed E-state index contributed by atoms with van der Waals surface area (Å²) in [5.74, 6) is 0. The van der Waals surface area contributed by atoms with E-state index in [1.807, 2.05) is 0 Å². The molecule has 0 radical (unpaired) electrons. The molecule has 0 bridgehead atoms. The van der Waals surface area contributed by atoms with Crippen molar-refractivity contribution in [2.45, 2.75) is 13.8 Å². The van der Waals surface area contributed by atoms with E-state index in [1.54, 1.807) is 0 Å². The molecule has 110 valence electrons. The van der Waals surface area contributed by atoms with Crippen LogP contribution in [0.25, 0.3) is 12.2 Å². The Kier molecular flexibility index (Phi) is 4.84. The Morgan fingerprint density at radius 2 is 1.48 bits per heavy atom. The van der Waals surface area contributed by atoms with Gasteiger partial charge in [0.25, 0.3) is 5.69 Å². The zero-order chi connectivity index (χ0) is 16.2. The van der Waals surface area contributed by atoms with Crippen molar-refractivity contribution in [1.82, 2.24) is 0 Å². The molecule has 9 nitrogen and oxygen atoms in total. The topological polar surface area (TPSA) is 129 Å². The maximum atomic E-state index is 11.0. The fraction of sp³-hybridized carbons (Fsp3) is 0.167. The molecule has 0 unspecified atom stereocenters. The van der Waals surface area contributed by atoms with Crippen LogP contribution in [-0.4, -0.2) is 14.8 Å². The number of allylic oxidation sites excluding steroid dienone is 2. The SMILES string of the molecule is C/C(=C/c1ccc(/C=C(/C)[N+](=O)[O-])c([N+](=O)[O-])c1)[N+](=O)[O-]. The van der Waals surface area contributed by atoms with Crippen LogP contribution in [0.4, 0.5) is 5.69 Å². The Balaban J connectivity index is 3.36. The summed E-state index contributed by atoms with van der Waals surface area (Å²) in [5, 5.41) is 32.1. The van der Waals surface area contributed by atoms with Crippen molar-refractivity contribution >= 4 is 17.8 Å². The molecule has 0 aliphatic rings. The molecule has 0 saturated carbocycles. The lowest BCUT2D eigenvalue weighted by atomic mass is 10.1. The fourth-order valence-electron chi connectivity index (χ4n) is 1.50. The van der Waals surface area contributed by atoms with Crippen LogP contribution in [0.2, 0.25) is 0 Å². The van der Waals surface area contributed by atoms with Gasteiger partial charge in [-0.05, 0) is 11.6 Å². The van der Waals surface area contributed by atoms with Crippen molar-refractivity contribution < 1.29 is 14.8 Å². The summed E-state index contributed by atoms with van der Waals surface area (Å²) in [7, 11) is 0. The Hall–Kier alpha value is -3.10. The second kappa shape index (κ2) is 6.37. The smallest absolute Gasteiger partial charge is 0.259 e. The van der Waals surface area contributed by atoms with Crippen LogP contribution in [0.15, 0.2) is 29.6 Å². The minimum Gasteiger partial charge on any atom is -0.259 e. The van der Waals surface area contributed by atoms with Crippen LogP contribution in [0.3, 0.4) is 0 Å². The van der Waals surface area contributed by atoms with E-state index < -0.39 is 14.8 Å². The van der Waals surface area contributed by atoms with E-state index in [4.69, 9.17) is 0 Å². The molecular formula is C12H11N3O6. The number of hydrogen-bond acceptors (Lipinski definition) is 6. The predicted molar refractivity (Wildman–Crippen MR) is 74.4 cm³/mol. The van der Waals surface area contributed by atoms with Gasteiger partial charge in [0.15, 0.2) is 0 Å². The number of nitro benzene ring substituents is 1. The Morgan fingerprint density at radius 3 is 1.95 bits per heavy atom. The van der Waals surface area contributed by atoms with Crippen LogP contribution in [0.5, 0.6) is 0 Å². The summed E-state index contributed by atoms with van der Waals surface area (Å²) in [6.45, 7) is 2.48. The molecule has 0 atom stereocenters. The van der Waals surface area contributed by atoms with Gasteiger partial charge in [-0.25, -0.2) is 0 Å². The van der Waals surface area contributed by atoms with Gasteiger partial charge in [-0.15, -0.1) is 0 Å². The molecule has 1 aromatic rings. The van der Waals surface area contributed by atoms with Crippen molar-refractivity contribution in [2.75, 3.05) is 0 Å². The van der Waals surface area contributed by atoms with E-state index in [-0.39, 0.29) is 28.2 Å². The average molecular weight is 293 g/mol. The van der Waals surface area contributed by atoms with Crippen molar-refractivity contribution in [2.24, 2.45) is 0 Å². The molecule has 1 rings (SSSR count). The summed E-state index contributed by atoms with van der Waals surface area (Å²) in [5.41, 5.74) is -0.449. The third kappa shape index (κ3) is 4.20. The second-order valence-electron chi connectivity index (χ2n) is 4.16. The first-order valence-electron chi connectivity index (χ1n) is 5.66. The van der Waals surface area contributed by atoms with Crippen molar-refractivity contribution in [3.05, 3.63) is 71.1 Å². The van der Waals surface area contributed by atoms with Crippen LogP contribution in [0, 0.1) is 30.3 Å². The summed E-state index contributed by atoms with van der Waals surface area (Å²) in [4.78, 5) is 30.1. The Morgan fingerprint density at radius 1 is 0.952 bits per heavy atom. The van der Waals surface area contributed by atoms with E-state index in [1.165, 1.54) is 32.1 Å². The van der Waals surface area contributed by atoms with Gasteiger partial charge in [0.05, 0.1) is 20.3 Å².